The Balaban J connectivity index is 1.76. The molecule has 148 valence electrons. The van der Waals surface area contributed by atoms with Crippen LogP contribution >= 0.6 is 0 Å². The lowest BCUT2D eigenvalue weighted by molar-refractivity contribution is -0.132. The van der Waals surface area contributed by atoms with Gasteiger partial charge in [0.05, 0.1) is 12.4 Å². The minimum atomic E-state index is -0.435. The maximum absolute atomic E-state index is 12.9. The van der Waals surface area contributed by atoms with Crippen molar-refractivity contribution in [3.8, 4) is 11.8 Å². The molecule has 2 aromatic heterocycles. The van der Waals surface area contributed by atoms with E-state index in [0.29, 0.717) is 17.7 Å². The van der Waals surface area contributed by atoms with Gasteiger partial charge in [-0.1, -0.05) is 19.8 Å². The number of esters is 1. The van der Waals surface area contributed by atoms with Crippen LogP contribution in [0.4, 0.5) is 11.5 Å². The third-order valence-corrected chi connectivity index (χ3v) is 5.44. The molecule has 0 unspecified atom stereocenters. The Morgan fingerprint density at radius 3 is 2.71 bits per heavy atom. The summed E-state index contributed by atoms with van der Waals surface area (Å²) < 4.78 is 6.62. The molecule has 9 heteroatoms. The molecule has 3 heterocycles. The van der Waals surface area contributed by atoms with Crippen LogP contribution in [0.1, 0.15) is 46.0 Å². The molecule has 1 saturated carbocycles. The van der Waals surface area contributed by atoms with E-state index in [4.69, 9.17) is 9.72 Å². The van der Waals surface area contributed by atoms with Gasteiger partial charge in [-0.2, -0.15) is 4.98 Å². The van der Waals surface area contributed by atoms with Gasteiger partial charge in [0.25, 0.3) is 0 Å². The fourth-order valence-corrected chi connectivity index (χ4v) is 4.11. The van der Waals surface area contributed by atoms with Crippen molar-refractivity contribution in [2.75, 3.05) is 16.8 Å². The minimum Gasteiger partial charge on any atom is -0.406 e. The summed E-state index contributed by atoms with van der Waals surface area (Å²) in [6.07, 6.45) is 9.94. The highest BCUT2D eigenvalue weighted by molar-refractivity contribution is 6.04. The number of anilines is 2. The van der Waals surface area contributed by atoms with Gasteiger partial charge in [-0.3, -0.25) is 14.2 Å². The Labute approximate surface area is 163 Å². The number of aromatic nitrogens is 4. The molecule has 1 atom stereocenters. The number of carbonyl (C=O) groups excluding carboxylic acids is 2. The summed E-state index contributed by atoms with van der Waals surface area (Å²) in [5.41, 5.74) is 0.714. The van der Waals surface area contributed by atoms with Crippen LogP contribution in [-0.2, 0) is 9.59 Å². The number of imidazole rings is 1. The number of amides is 1. The Kier molecular flexibility index (Phi) is 4.74. The topological polar surface area (TPSA) is 93.4 Å². The highest BCUT2D eigenvalue weighted by atomic mass is 16.5. The van der Waals surface area contributed by atoms with Crippen LogP contribution in [0.5, 0.6) is 5.88 Å². The third-order valence-electron chi connectivity index (χ3n) is 5.44. The Morgan fingerprint density at radius 1 is 1.29 bits per heavy atom. The van der Waals surface area contributed by atoms with E-state index in [0.717, 1.165) is 25.1 Å². The second kappa shape index (κ2) is 7.21. The fraction of sp³-hybridized carbons (Fsp3) is 0.526. The summed E-state index contributed by atoms with van der Waals surface area (Å²) in [6.45, 7) is 3.36. The van der Waals surface area contributed by atoms with Crippen molar-refractivity contribution in [2.24, 2.45) is 0 Å². The molecule has 9 nitrogen and oxygen atoms in total. The van der Waals surface area contributed by atoms with Crippen molar-refractivity contribution >= 4 is 23.4 Å². The molecule has 1 fully saturated rings. The summed E-state index contributed by atoms with van der Waals surface area (Å²) in [6, 6.07) is 0.0891. The SMILES string of the molecule is CC[C@@H]1C(=O)N(C)c2cnc(-n3cnc(OC(C)=O)c3)nc2N1C1CCCC1. The summed E-state index contributed by atoms with van der Waals surface area (Å²) in [7, 11) is 1.77. The van der Waals surface area contributed by atoms with Crippen molar-refractivity contribution in [3.05, 3.63) is 18.7 Å². The molecule has 28 heavy (non-hydrogen) atoms. The molecule has 1 aliphatic carbocycles. The summed E-state index contributed by atoms with van der Waals surface area (Å²) in [4.78, 5) is 41.1. The lowest BCUT2D eigenvalue weighted by atomic mass is 10.0. The van der Waals surface area contributed by atoms with Crippen molar-refractivity contribution in [1.82, 2.24) is 19.5 Å². The van der Waals surface area contributed by atoms with Gasteiger partial charge in [0.2, 0.25) is 17.7 Å². The van der Waals surface area contributed by atoms with E-state index in [9.17, 15) is 9.59 Å². The summed E-state index contributed by atoms with van der Waals surface area (Å²) >= 11 is 0. The molecule has 0 aromatic carbocycles. The average molecular weight is 384 g/mol. The number of hydrogen-bond donors (Lipinski definition) is 0. The Morgan fingerprint density at radius 2 is 2.04 bits per heavy atom. The van der Waals surface area contributed by atoms with Crippen LogP contribution in [0.25, 0.3) is 5.95 Å². The van der Waals surface area contributed by atoms with Crippen LogP contribution in [-0.4, -0.2) is 50.5 Å². The number of rotatable bonds is 4. The smallest absolute Gasteiger partial charge is 0.309 e. The number of nitrogens with zero attached hydrogens (tertiary/aromatic N) is 6. The van der Waals surface area contributed by atoms with E-state index in [1.165, 1.54) is 26.1 Å². The molecule has 0 saturated heterocycles. The molecule has 0 N–H and O–H groups in total. The van der Waals surface area contributed by atoms with E-state index >= 15 is 0 Å². The minimum absolute atomic E-state index is 0.0815. The van der Waals surface area contributed by atoms with Crippen LogP contribution in [0.2, 0.25) is 0 Å². The van der Waals surface area contributed by atoms with Gasteiger partial charge in [-0.05, 0) is 19.3 Å². The van der Waals surface area contributed by atoms with Gasteiger partial charge in [0.1, 0.15) is 18.1 Å². The molecule has 2 aromatic rings. The van der Waals surface area contributed by atoms with E-state index in [1.807, 2.05) is 6.92 Å². The average Bonchev–Trinajstić information content (AvgIpc) is 3.35. The number of hydrogen-bond acceptors (Lipinski definition) is 7. The Bertz CT molecular complexity index is 905. The molecule has 0 spiro atoms. The second-order valence-corrected chi connectivity index (χ2v) is 7.26. The maximum Gasteiger partial charge on any atom is 0.309 e. The lowest BCUT2D eigenvalue weighted by Gasteiger charge is -2.43. The summed E-state index contributed by atoms with van der Waals surface area (Å²) in [5.74, 6) is 1.03. The first-order valence-electron chi connectivity index (χ1n) is 9.65. The largest absolute Gasteiger partial charge is 0.406 e. The highest BCUT2D eigenvalue weighted by Crippen LogP contribution is 2.39. The standard InChI is InChI=1S/C19H24N6O3/c1-4-14-18(27)23(3)15-9-20-19(24-10-16(21-11-24)28-12(2)26)22-17(15)25(14)13-7-5-6-8-13/h9-11,13-14H,4-8H2,1-3H3/t14-/m1/s1. The van der Waals surface area contributed by atoms with Gasteiger partial charge in [0.15, 0.2) is 5.82 Å². The first kappa shape index (κ1) is 18.4. The predicted molar refractivity (Wildman–Crippen MR) is 103 cm³/mol. The number of ether oxygens (including phenoxy) is 1. The monoisotopic (exact) mass is 384 g/mol. The maximum atomic E-state index is 12.9. The zero-order valence-corrected chi connectivity index (χ0v) is 16.3. The van der Waals surface area contributed by atoms with Crippen LogP contribution in [0, 0.1) is 0 Å². The normalized spacial score (nSPS) is 19.8. The molecular weight excluding hydrogens is 360 g/mol. The molecular formula is C19H24N6O3. The van der Waals surface area contributed by atoms with Gasteiger partial charge in [-0.15, -0.1) is 0 Å². The molecule has 2 aliphatic rings. The van der Waals surface area contributed by atoms with Crippen molar-refractivity contribution in [3.63, 3.8) is 0 Å². The molecule has 0 bridgehead atoms. The van der Waals surface area contributed by atoms with E-state index < -0.39 is 5.97 Å². The number of likely N-dealkylation sites (N-methyl/N-ethyl adjacent to an activating group) is 1. The second-order valence-electron chi connectivity index (χ2n) is 7.26. The Hall–Kier alpha value is -2.97. The molecule has 4 rings (SSSR count). The van der Waals surface area contributed by atoms with Crippen molar-refractivity contribution in [2.45, 2.75) is 58.0 Å². The zero-order chi connectivity index (χ0) is 19.8. The van der Waals surface area contributed by atoms with Crippen LogP contribution in [0.3, 0.4) is 0 Å². The predicted octanol–water partition coefficient (Wildman–Crippen LogP) is 2.09. The third kappa shape index (κ3) is 3.10. The van der Waals surface area contributed by atoms with E-state index in [1.54, 1.807) is 28.9 Å². The van der Waals surface area contributed by atoms with Crippen molar-refractivity contribution < 1.29 is 14.3 Å². The quantitative estimate of drug-likeness (QED) is 0.745. The number of fused-ring (bicyclic) bond motifs is 1. The first-order valence-corrected chi connectivity index (χ1v) is 9.65. The fourth-order valence-electron chi connectivity index (χ4n) is 4.11. The van der Waals surface area contributed by atoms with Gasteiger partial charge >= 0.3 is 5.97 Å². The van der Waals surface area contributed by atoms with Crippen LogP contribution in [0.15, 0.2) is 18.7 Å². The van der Waals surface area contributed by atoms with E-state index in [-0.39, 0.29) is 17.8 Å². The molecule has 1 aliphatic heterocycles. The molecule has 0 radical (unpaired) electrons. The van der Waals surface area contributed by atoms with Gasteiger partial charge < -0.3 is 14.5 Å². The van der Waals surface area contributed by atoms with Gasteiger partial charge in [-0.25, -0.2) is 9.97 Å². The lowest BCUT2D eigenvalue weighted by Crippen LogP contribution is -2.55. The first-order chi connectivity index (χ1) is 13.5. The summed E-state index contributed by atoms with van der Waals surface area (Å²) in [5, 5.41) is 0. The van der Waals surface area contributed by atoms with E-state index in [2.05, 4.69) is 14.9 Å². The van der Waals surface area contributed by atoms with Crippen LogP contribution < -0.4 is 14.5 Å². The number of carbonyl (C=O) groups is 2. The van der Waals surface area contributed by atoms with Gasteiger partial charge in [0, 0.05) is 20.0 Å². The zero-order valence-electron chi connectivity index (χ0n) is 16.3. The highest BCUT2D eigenvalue weighted by Gasteiger charge is 2.41. The van der Waals surface area contributed by atoms with Crippen molar-refractivity contribution in [1.29, 1.82) is 0 Å². The molecule has 1 amide bonds.